The molecule has 0 atom stereocenters. The van der Waals surface area contributed by atoms with Gasteiger partial charge in [-0.15, -0.1) is 0 Å². The minimum Gasteiger partial charge on any atom is -0.508 e. The summed E-state index contributed by atoms with van der Waals surface area (Å²) in [7, 11) is -3.82. The molecule has 0 aliphatic heterocycles. The summed E-state index contributed by atoms with van der Waals surface area (Å²) in [4.78, 5) is -0.176. The van der Waals surface area contributed by atoms with Gasteiger partial charge in [0.25, 0.3) is 0 Å². The standard InChI is InChI=1S/C7H8ClNO3S/c1-4-2-7(13(9,11)12)5(8)3-6(4)10/h2-3,10H,1H3,(H2,9,11,12). The summed E-state index contributed by atoms with van der Waals surface area (Å²) < 4.78 is 21.9. The Balaban J connectivity index is 3.50. The summed E-state index contributed by atoms with van der Waals surface area (Å²) in [6.07, 6.45) is 0. The molecule has 3 N–H and O–H groups in total. The van der Waals surface area contributed by atoms with Gasteiger partial charge in [-0.2, -0.15) is 0 Å². The second kappa shape index (κ2) is 3.17. The van der Waals surface area contributed by atoms with E-state index < -0.39 is 10.0 Å². The van der Waals surface area contributed by atoms with Crippen LogP contribution in [0.1, 0.15) is 5.56 Å². The van der Waals surface area contributed by atoms with Crippen molar-refractivity contribution in [2.45, 2.75) is 11.8 Å². The van der Waals surface area contributed by atoms with E-state index in [1.54, 1.807) is 6.92 Å². The third-order valence-electron chi connectivity index (χ3n) is 1.56. The Morgan fingerprint density at radius 2 is 2.00 bits per heavy atom. The summed E-state index contributed by atoms with van der Waals surface area (Å²) in [5.74, 6) is -0.0580. The van der Waals surface area contributed by atoms with Crippen molar-refractivity contribution < 1.29 is 13.5 Å². The molecule has 0 saturated carbocycles. The average molecular weight is 222 g/mol. The summed E-state index contributed by atoms with van der Waals surface area (Å²) in [6.45, 7) is 1.56. The molecule has 6 heteroatoms. The molecule has 0 aliphatic carbocycles. The molecule has 0 heterocycles. The zero-order valence-corrected chi connectivity index (χ0v) is 8.35. The van der Waals surface area contributed by atoms with Crippen LogP contribution < -0.4 is 5.14 Å². The molecule has 0 aromatic heterocycles. The molecule has 1 rings (SSSR count). The van der Waals surface area contributed by atoms with Gasteiger partial charge in [0, 0.05) is 6.07 Å². The molecular weight excluding hydrogens is 214 g/mol. The summed E-state index contributed by atoms with van der Waals surface area (Å²) in [5.41, 5.74) is 0.411. The van der Waals surface area contributed by atoms with E-state index in [1.165, 1.54) is 6.07 Å². The van der Waals surface area contributed by atoms with Gasteiger partial charge in [-0.3, -0.25) is 0 Å². The zero-order chi connectivity index (χ0) is 10.2. The van der Waals surface area contributed by atoms with E-state index in [-0.39, 0.29) is 15.7 Å². The molecule has 0 unspecified atom stereocenters. The van der Waals surface area contributed by atoms with Gasteiger partial charge in [-0.25, -0.2) is 13.6 Å². The number of sulfonamides is 1. The Bertz CT molecular complexity index is 441. The first-order valence-electron chi connectivity index (χ1n) is 3.34. The third-order valence-corrected chi connectivity index (χ3v) is 2.93. The molecule has 0 radical (unpaired) electrons. The lowest BCUT2D eigenvalue weighted by molar-refractivity contribution is 0.470. The van der Waals surface area contributed by atoms with Crippen molar-refractivity contribution in [2.24, 2.45) is 5.14 Å². The van der Waals surface area contributed by atoms with Crippen molar-refractivity contribution in [1.29, 1.82) is 0 Å². The first-order chi connectivity index (χ1) is 5.82. The summed E-state index contributed by atoms with van der Waals surface area (Å²) in [6, 6.07) is 2.38. The molecule has 0 saturated heterocycles. The number of nitrogens with two attached hydrogens (primary N) is 1. The van der Waals surface area contributed by atoms with Crippen LogP contribution in [0.25, 0.3) is 0 Å². The van der Waals surface area contributed by atoms with Crippen LogP contribution in [0.3, 0.4) is 0 Å². The SMILES string of the molecule is Cc1cc(S(N)(=O)=O)c(Cl)cc1O. The van der Waals surface area contributed by atoms with E-state index in [2.05, 4.69) is 0 Å². The van der Waals surface area contributed by atoms with Gasteiger partial charge in [0.1, 0.15) is 10.6 Å². The lowest BCUT2D eigenvalue weighted by atomic mass is 10.2. The van der Waals surface area contributed by atoms with Crippen molar-refractivity contribution in [3.63, 3.8) is 0 Å². The molecule has 0 aliphatic rings. The van der Waals surface area contributed by atoms with Crippen LogP contribution in [0.4, 0.5) is 0 Å². The number of hydrogen-bond donors (Lipinski definition) is 2. The van der Waals surface area contributed by atoms with Crippen molar-refractivity contribution in [2.75, 3.05) is 0 Å². The van der Waals surface area contributed by atoms with E-state index in [4.69, 9.17) is 16.7 Å². The van der Waals surface area contributed by atoms with Crippen LogP contribution in [0.15, 0.2) is 17.0 Å². The molecule has 0 amide bonds. The van der Waals surface area contributed by atoms with E-state index in [9.17, 15) is 13.5 Å². The van der Waals surface area contributed by atoms with Gasteiger partial charge >= 0.3 is 0 Å². The Hall–Kier alpha value is -0.780. The molecule has 1 aromatic rings. The highest BCUT2D eigenvalue weighted by atomic mass is 35.5. The summed E-state index contributed by atoms with van der Waals surface area (Å²) in [5, 5.41) is 14.0. The third kappa shape index (κ3) is 2.12. The monoisotopic (exact) mass is 221 g/mol. The number of phenolic OH excluding ortho intramolecular Hbond substituents is 1. The molecule has 0 fully saturated rings. The fraction of sp³-hybridized carbons (Fsp3) is 0.143. The molecule has 0 bridgehead atoms. The highest BCUT2D eigenvalue weighted by molar-refractivity contribution is 7.89. The van der Waals surface area contributed by atoms with Gasteiger partial charge in [0.15, 0.2) is 0 Å². The van der Waals surface area contributed by atoms with Crippen molar-refractivity contribution in [3.8, 4) is 5.75 Å². The number of phenols is 1. The van der Waals surface area contributed by atoms with E-state index in [1.807, 2.05) is 0 Å². The van der Waals surface area contributed by atoms with Gasteiger partial charge in [0.05, 0.1) is 5.02 Å². The van der Waals surface area contributed by atoms with Crippen LogP contribution in [0, 0.1) is 6.92 Å². The van der Waals surface area contributed by atoms with Crippen LogP contribution in [-0.2, 0) is 10.0 Å². The summed E-state index contributed by atoms with van der Waals surface area (Å²) >= 11 is 5.57. The van der Waals surface area contributed by atoms with Crippen LogP contribution >= 0.6 is 11.6 Å². The predicted molar refractivity (Wildman–Crippen MR) is 49.2 cm³/mol. The van der Waals surface area contributed by atoms with E-state index in [0.29, 0.717) is 5.56 Å². The number of hydrogen-bond acceptors (Lipinski definition) is 3. The second-order valence-corrected chi connectivity index (χ2v) is 4.55. The minimum absolute atomic E-state index is 0.0580. The first-order valence-corrected chi connectivity index (χ1v) is 5.26. The highest BCUT2D eigenvalue weighted by Gasteiger charge is 2.14. The number of aryl methyl sites for hydroxylation is 1. The van der Waals surface area contributed by atoms with Gasteiger partial charge in [-0.1, -0.05) is 11.6 Å². The number of aromatic hydroxyl groups is 1. The van der Waals surface area contributed by atoms with Crippen LogP contribution in [0.2, 0.25) is 5.02 Å². The molecule has 0 spiro atoms. The fourth-order valence-electron chi connectivity index (χ4n) is 0.863. The van der Waals surface area contributed by atoms with Gasteiger partial charge in [-0.05, 0) is 18.6 Å². The minimum atomic E-state index is -3.82. The Morgan fingerprint density at radius 3 is 2.46 bits per heavy atom. The van der Waals surface area contributed by atoms with Crippen LogP contribution in [0.5, 0.6) is 5.75 Å². The maximum atomic E-state index is 10.9. The van der Waals surface area contributed by atoms with Crippen LogP contribution in [-0.4, -0.2) is 13.5 Å². The highest BCUT2D eigenvalue weighted by Crippen LogP contribution is 2.27. The van der Waals surface area contributed by atoms with E-state index in [0.717, 1.165) is 6.07 Å². The fourth-order valence-corrected chi connectivity index (χ4v) is 2.01. The molecule has 72 valence electrons. The van der Waals surface area contributed by atoms with Crippen molar-refractivity contribution in [1.82, 2.24) is 0 Å². The maximum Gasteiger partial charge on any atom is 0.239 e. The van der Waals surface area contributed by atoms with Gasteiger partial charge in [0.2, 0.25) is 10.0 Å². The second-order valence-electron chi connectivity index (χ2n) is 2.61. The van der Waals surface area contributed by atoms with E-state index >= 15 is 0 Å². The molecular formula is C7H8ClNO3S. The lowest BCUT2D eigenvalue weighted by Gasteiger charge is -2.04. The normalized spacial score (nSPS) is 11.6. The largest absolute Gasteiger partial charge is 0.508 e. The number of benzene rings is 1. The first kappa shape index (κ1) is 10.3. The zero-order valence-electron chi connectivity index (χ0n) is 6.78. The predicted octanol–water partition coefficient (Wildman–Crippen LogP) is 1.00. The number of primary sulfonamides is 1. The quantitative estimate of drug-likeness (QED) is 0.743. The smallest absolute Gasteiger partial charge is 0.239 e. The Kier molecular flexibility index (Phi) is 2.51. The number of halogens is 1. The van der Waals surface area contributed by atoms with Crippen molar-refractivity contribution in [3.05, 3.63) is 22.7 Å². The Labute approximate surface area is 81.0 Å². The van der Waals surface area contributed by atoms with Crippen molar-refractivity contribution >= 4 is 21.6 Å². The van der Waals surface area contributed by atoms with Gasteiger partial charge < -0.3 is 5.11 Å². The lowest BCUT2D eigenvalue weighted by Crippen LogP contribution is -2.12. The topological polar surface area (TPSA) is 80.4 Å². The maximum absolute atomic E-state index is 10.9. The molecule has 1 aromatic carbocycles. The number of rotatable bonds is 1. The molecule has 4 nitrogen and oxygen atoms in total. The Morgan fingerprint density at radius 1 is 1.46 bits per heavy atom. The average Bonchev–Trinajstić information content (AvgIpc) is 1.94. The molecule has 13 heavy (non-hydrogen) atoms.